The van der Waals surface area contributed by atoms with Crippen molar-refractivity contribution in [1.29, 1.82) is 0 Å². The van der Waals surface area contributed by atoms with Gasteiger partial charge < -0.3 is 5.32 Å². The molecule has 0 atom stereocenters. The van der Waals surface area contributed by atoms with Crippen LogP contribution in [-0.4, -0.2) is 31.6 Å². The van der Waals surface area contributed by atoms with Gasteiger partial charge in [0.1, 0.15) is 17.3 Å². The maximum atomic E-state index is 14.4. The number of rotatable bonds is 5. The summed E-state index contributed by atoms with van der Waals surface area (Å²) >= 11 is 3.09. The average Bonchev–Trinajstić information content (AvgIpc) is 2.63. The van der Waals surface area contributed by atoms with Crippen molar-refractivity contribution in [3.63, 3.8) is 0 Å². The monoisotopic (exact) mass is 477 g/mol. The van der Waals surface area contributed by atoms with E-state index in [1.807, 2.05) is 0 Å². The summed E-state index contributed by atoms with van der Waals surface area (Å²) < 4.78 is 70.9. The van der Waals surface area contributed by atoms with Gasteiger partial charge >= 0.3 is 10.2 Å². The smallest absolute Gasteiger partial charge is 0.301 e. The Bertz CT molecular complexity index is 1020. The molecular weight excluding hydrogens is 463 g/mol. The molecule has 0 aromatic heterocycles. The zero-order valence-electron chi connectivity index (χ0n) is 14.3. The summed E-state index contributed by atoms with van der Waals surface area (Å²) in [4.78, 5) is 11.3. The molecule has 6 nitrogen and oxygen atoms in total. The summed E-state index contributed by atoms with van der Waals surface area (Å²) in [6.45, 7) is -0.0239. The van der Waals surface area contributed by atoms with Crippen molar-refractivity contribution in [3.05, 3.63) is 52.3 Å². The Kier molecular flexibility index (Phi) is 5.96. The largest absolute Gasteiger partial charge is 0.349 e. The first kappa shape index (κ1) is 20.6. The molecule has 11 heteroatoms. The Hall–Kier alpha value is -2.11. The fourth-order valence-electron chi connectivity index (χ4n) is 2.66. The predicted molar refractivity (Wildman–Crippen MR) is 102 cm³/mol. The van der Waals surface area contributed by atoms with Gasteiger partial charge in [-0.1, -0.05) is 15.9 Å². The number of nitrogens with one attached hydrogen (secondary N) is 2. The van der Waals surface area contributed by atoms with Gasteiger partial charge in [0.2, 0.25) is 0 Å². The number of hydrogen-bond acceptors (Lipinski definition) is 4. The topological polar surface area (TPSA) is 78.5 Å². The zero-order valence-corrected chi connectivity index (χ0v) is 16.7. The van der Waals surface area contributed by atoms with Crippen LogP contribution in [-0.2, 0) is 15.0 Å². The molecule has 28 heavy (non-hydrogen) atoms. The number of nitrogens with zero attached hydrogens (tertiary/aromatic N) is 1. The summed E-state index contributed by atoms with van der Waals surface area (Å²) in [6, 6.07) is 5.68. The van der Waals surface area contributed by atoms with E-state index in [-0.39, 0.29) is 43.1 Å². The van der Waals surface area contributed by atoms with Crippen LogP contribution in [0.1, 0.15) is 12.8 Å². The van der Waals surface area contributed by atoms with Crippen LogP contribution >= 0.6 is 15.9 Å². The van der Waals surface area contributed by atoms with Gasteiger partial charge in [-0.05, 0) is 30.3 Å². The Labute approximate surface area is 168 Å². The van der Waals surface area contributed by atoms with Gasteiger partial charge in [-0.3, -0.25) is 9.52 Å². The van der Waals surface area contributed by atoms with Crippen LogP contribution in [0.25, 0.3) is 0 Å². The maximum Gasteiger partial charge on any atom is 0.301 e. The average molecular weight is 478 g/mol. The van der Waals surface area contributed by atoms with Crippen LogP contribution < -0.4 is 10.0 Å². The SMILES string of the molecule is O=C1CCN(S(=O)(=O)Nc2ccc(F)c(F)c2Nc2ccc(Br)cc2F)CC1. The predicted octanol–water partition coefficient (Wildman–Crippen LogP) is 3.93. The Morgan fingerprint density at radius 1 is 0.964 bits per heavy atom. The molecule has 0 saturated carbocycles. The third-order valence-corrected chi connectivity index (χ3v) is 6.16. The molecule has 0 radical (unpaired) electrons. The fourth-order valence-corrected chi connectivity index (χ4v) is 4.24. The molecule has 0 amide bonds. The van der Waals surface area contributed by atoms with Crippen LogP contribution in [0.2, 0.25) is 0 Å². The van der Waals surface area contributed by atoms with Crippen molar-refractivity contribution in [2.45, 2.75) is 12.8 Å². The number of halogens is 4. The summed E-state index contributed by atoms with van der Waals surface area (Å²) in [7, 11) is -4.12. The molecule has 1 aliphatic heterocycles. The van der Waals surface area contributed by atoms with Gasteiger partial charge in [-0.2, -0.15) is 12.7 Å². The third kappa shape index (κ3) is 4.47. The number of ketones is 1. The first-order valence-electron chi connectivity index (χ1n) is 8.17. The standard InChI is InChI=1S/C17H15BrF3N3O3S/c18-10-1-3-14(13(20)9-10)22-17-15(4-2-12(19)16(17)21)23-28(26,27)24-7-5-11(25)6-8-24/h1-4,9,22-23H,5-8H2. The molecule has 2 N–H and O–H groups in total. The second-order valence-corrected chi connectivity index (χ2v) is 8.66. The highest BCUT2D eigenvalue weighted by atomic mass is 79.9. The van der Waals surface area contributed by atoms with Crippen LogP contribution in [0, 0.1) is 17.5 Å². The number of Topliss-reactive ketones (excluding diaryl/α,β-unsaturated/α-hetero) is 1. The molecule has 0 bridgehead atoms. The van der Waals surface area contributed by atoms with Crippen molar-refractivity contribution in [2.75, 3.05) is 23.1 Å². The number of hydrogen-bond donors (Lipinski definition) is 2. The highest BCUT2D eigenvalue weighted by Gasteiger charge is 2.28. The molecule has 1 fully saturated rings. The lowest BCUT2D eigenvalue weighted by Crippen LogP contribution is -2.41. The number of piperidine rings is 1. The summed E-state index contributed by atoms with van der Waals surface area (Å²) in [6.07, 6.45) is 0.155. The number of carbonyl (C=O) groups is 1. The van der Waals surface area contributed by atoms with E-state index in [1.54, 1.807) is 0 Å². The lowest BCUT2D eigenvalue weighted by molar-refractivity contribution is -0.120. The maximum absolute atomic E-state index is 14.4. The molecule has 3 rings (SSSR count). The molecule has 2 aromatic carbocycles. The van der Waals surface area contributed by atoms with Gasteiger partial charge in [-0.25, -0.2) is 13.2 Å². The molecule has 2 aromatic rings. The zero-order chi connectivity index (χ0) is 20.5. The second-order valence-electron chi connectivity index (χ2n) is 6.08. The Balaban J connectivity index is 1.93. The van der Waals surface area contributed by atoms with Crippen molar-refractivity contribution >= 4 is 49.0 Å². The van der Waals surface area contributed by atoms with Gasteiger partial charge in [0, 0.05) is 30.4 Å². The van der Waals surface area contributed by atoms with Crippen LogP contribution in [0.15, 0.2) is 34.8 Å². The minimum atomic E-state index is -4.12. The number of carbonyl (C=O) groups excluding carboxylic acids is 1. The first-order valence-corrected chi connectivity index (χ1v) is 10.4. The highest BCUT2D eigenvalue weighted by molar-refractivity contribution is 9.10. The molecule has 0 spiro atoms. The number of benzene rings is 2. The Morgan fingerprint density at radius 3 is 2.25 bits per heavy atom. The van der Waals surface area contributed by atoms with Crippen LogP contribution in [0.3, 0.4) is 0 Å². The highest BCUT2D eigenvalue weighted by Crippen LogP contribution is 2.33. The normalized spacial score (nSPS) is 15.5. The van der Waals surface area contributed by atoms with Gasteiger partial charge in [0.25, 0.3) is 0 Å². The summed E-state index contributed by atoms with van der Waals surface area (Å²) in [5, 5.41) is 2.40. The molecule has 1 aliphatic rings. The van der Waals surface area contributed by atoms with E-state index in [4.69, 9.17) is 0 Å². The van der Waals surface area contributed by atoms with Crippen molar-refractivity contribution in [2.24, 2.45) is 0 Å². The first-order chi connectivity index (χ1) is 13.2. The van der Waals surface area contributed by atoms with Crippen molar-refractivity contribution < 1.29 is 26.4 Å². The molecule has 150 valence electrons. The van der Waals surface area contributed by atoms with Crippen LogP contribution in [0.5, 0.6) is 0 Å². The number of anilines is 3. The minimum Gasteiger partial charge on any atom is -0.349 e. The lowest BCUT2D eigenvalue weighted by atomic mass is 10.1. The molecule has 0 aliphatic carbocycles. The van der Waals surface area contributed by atoms with Crippen molar-refractivity contribution in [3.8, 4) is 0 Å². The van der Waals surface area contributed by atoms with Gasteiger partial charge in [-0.15, -0.1) is 0 Å². The van der Waals surface area contributed by atoms with E-state index in [9.17, 15) is 26.4 Å². The minimum absolute atomic E-state index is 0.0120. The Morgan fingerprint density at radius 2 is 1.61 bits per heavy atom. The van der Waals surface area contributed by atoms with Gasteiger partial charge in [0.05, 0.1) is 11.4 Å². The summed E-state index contributed by atoms with van der Waals surface area (Å²) in [5.41, 5.74) is -1.02. The van der Waals surface area contributed by atoms with Gasteiger partial charge in [0.15, 0.2) is 11.6 Å². The van der Waals surface area contributed by atoms with E-state index >= 15 is 0 Å². The lowest BCUT2D eigenvalue weighted by Gasteiger charge is -2.26. The van der Waals surface area contributed by atoms with Crippen molar-refractivity contribution in [1.82, 2.24) is 4.31 Å². The molecular formula is C17H15BrF3N3O3S. The van der Waals surface area contributed by atoms with E-state index in [0.717, 1.165) is 22.5 Å². The molecule has 1 heterocycles. The molecule has 1 saturated heterocycles. The molecule has 0 unspecified atom stereocenters. The van der Waals surface area contributed by atoms with Crippen LogP contribution in [0.4, 0.5) is 30.2 Å². The summed E-state index contributed by atoms with van der Waals surface area (Å²) in [5.74, 6) is -3.39. The van der Waals surface area contributed by atoms with E-state index in [2.05, 4.69) is 26.0 Å². The van der Waals surface area contributed by atoms with E-state index < -0.39 is 33.3 Å². The second kappa shape index (κ2) is 8.10. The third-order valence-electron chi connectivity index (χ3n) is 4.14. The quantitative estimate of drug-likeness (QED) is 0.683. The van der Waals surface area contributed by atoms with E-state index in [1.165, 1.54) is 12.1 Å². The van der Waals surface area contributed by atoms with E-state index in [0.29, 0.717) is 4.47 Å². The fraction of sp³-hybridized carbons (Fsp3) is 0.235.